The Morgan fingerprint density at radius 1 is 1.31 bits per heavy atom. The molecule has 0 aromatic heterocycles. The summed E-state index contributed by atoms with van der Waals surface area (Å²) in [5.74, 6) is 0.0491. The van der Waals surface area contributed by atoms with Crippen LogP contribution in [0, 0.1) is 5.82 Å². The molecule has 0 atom stereocenters. The first kappa shape index (κ1) is 13.7. The lowest BCUT2D eigenvalue weighted by Gasteiger charge is -2.23. The second kappa shape index (κ2) is 6.42. The summed E-state index contributed by atoms with van der Waals surface area (Å²) >= 11 is 3.22. The van der Waals surface area contributed by atoms with E-state index in [1.54, 1.807) is 12.1 Å². The van der Waals surface area contributed by atoms with E-state index in [2.05, 4.69) is 21.2 Å². The molecule has 0 spiro atoms. The molecule has 0 aliphatic carbocycles. The van der Waals surface area contributed by atoms with E-state index in [0.717, 1.165) is 30.4 Å². The third-order valence-corrected chi connectivity index (χ3v) is 2.97. The van der Waals surface area contributed by atoms with Gasteiger partial charge >= 0.3 is 0 Å². The van der Waals surface area contributed by atoms with E-state index in [1.807, 2.05) is 0 Å². The van der Waals surface area contributed by atoms with Crippen LogP contribution < -0.4 is 10.1 Å². The molecule has 0 bridgehead atoms. The van der Waals surface area contributed by atoms with Gasteiger partial charge in [-0.15, -0.1) is 12.4 Å². The molecule has 1 aromatic carbocycles. The van der Waals surface area contributed by atoms with E-state index >= 15 is 0 Å². The number of halogens is 3. The molecule has 2 nitrogen and oxygen atoms in total. The number of benzene rings is 1. The topological polar surface area (TPSA) is 21.3 Å². The van der Waals surface area contributed by atoms with Gasteiger partial charge in [-0.3, -0.25) is 0 Å². The predicted octanol–water partition coefficient (Wildman–Crippen LogP) is 3.14. The molecule has 16 heavy (non-hydrogen) atoms. The first-order chi connectivity index (χ1) is 7.25. The summed E-state index contributed by atoms with van der Waals surface area (Å²) in [6, 6.07) is 4.89. The summed E-state index contributed by atoms with van der Waals surface area (Å²) in [6.45, 7) is 1.89. The van der Waals surface area contributed by atoms with Crippen LogP contribution in [0.3, 0.4) is 0 Å². The Balaban J connectivity index is 0.00000128. The molecular weight excluding hydrogens is 296 g/mol. The predicted molar refractivity (Wildman–Crippen MR) is 67.9 cm³/mol. The molecule has 1 aromatic rings. The maximum Gasteiger partial charge on any atom is 0.166 e. The Kier molecular flexibility index (Phi) is 5.52. The summed E-state index contributed by atoms with van der Waals surface area (Å²) in [5.41, 5.74) is 0. The van der Waals surface area contributed by atoms with Crippen molar-refractivity contribution in [3.8, 4) is 5.75 Å². The maximum absolute atomic E-state index is 13.4. The Labute approximate surface area is 109 Å². The molecule has 90 valence electrons. The standard InChI is InChI=1S/C11H13BrFNO.ClH/c12-8-1-2-11(10(13)7-8)15-9-3-5-14-6-4-9;/h1-2,7,9,14H,3-6H2;1H. The zero-order chi connectivity index (χ0) is 10.7. The lowest BCUT2D eigenvalue weighted by Crippen LogP contribution is -2.34. The zero-order valence-electron chi connectivity index (χ0n) is 8.71. The number of hydrogen-bond donors (Lipinski definition) is 1. The van der Waals surface area contributed by atoms with Crippen LogP contribution in [0.15, 0.2) is 22.7 Å². The van der Waals surface area contributed by atoms with E-state index in [1.165, 1.54) is 6.07 Å². The molecule has 0 saturated carbocycles. The smallest absolute Gasteiger partial charge is 0.166 e. The average molecular weight is 311 g/mol. The van der Waals surface area contributed by atoms with E-state index in [4.69, 9.17) is 4.74 Å². The van der Waals surface area contributed by atoms with Gasteiger partial charge in [0.2, 0.25) is 0 Å². The van der Waals surface area contributed by atoms with E-state index < -0.39 is 0 Å². The summed E-state index contributed by atoms with van der Waals surface area (Å²) in [6.07, 6.45) is 2.02. The highest BCUT2D eigenvalue weighted by Gasteiger charge is 2.16. The molecule has 1 saturated heterocycles. The second-order valence-corrected chi connectivity index (χ2v) is 4.56. The Bertz CT molecular complexity index is 345. The van der Waals surface area contributed by atoms with Crippen molar-refractivity contribution < 1.29 is 9.13 Å². The van der Waals surface area contributed by atoms with Crippen molar-refractivity contribution >= 4 is 28.3 Å². The van der Waals surface area contributed by atoms with Crippen molar-refractivity contribution in [2.24, 2.45) is 0 Å². The summed E-state index contributed by atoms with van der Waals surface area (Å²) in [5, 5.41) is 3.24. The van der Waals surface area contributed by atoms with Crippen molar-refractivity contribution in [1.29, 1.82) is 0 Å². The Morgan fingerprint density at radius 3 is 2.62 bits per heavy atom. The second-order valence-electron chi connectivity index (χ2n) is 3.64. The lowest BCUT2D eigenvalue weighted by atomic mass is 10.1. The molecule has 2 rings (SSSR count). The fourth-order valence-electron chi connectivity index (χ4n) is 1.66. The minimum atomic E-state index is -0.303. The monoisotopic (exact) mass is 309 g/mol. The molecule has 1 aliphatic heterocycles. The molecule has 5 heteroatoms. The minimum absolute atomic E-state index is 0. The van der Waals surface area contributed by atoms with Gasteiger partial charge in [0, 0.05) is 4.47 Å². The minimum Gasteiger partial charge on any atom is -0.487 e. The molecule has 1 aliphatic rings. The SMILES string of the molecule is Cl.Fc1cc(Br)ccc1OC1CCNCC1. The van der Waals surface area contributed by atoms with Gasteiger partial charge in [-0.05, 0) is 44.1 Å². The molecule has 0 radical (unpaired) electrons. The Hall–Kier alpha value is -0.320. The largest absolute Gasteiger partial charge is 0.487 e. The number of piperidine rings is 1. The molecular formula is C11H14BrClFNO. The van der Waals surface area contributed by atoms with Crippen molar-refractivity contribution in [2.75, 3.05) is 13.1 Å². The van der Waals surface area contributed by atoms with Crippen LogP contribution in [0.1, 0.15) is 12.8 Å². The van der Waals surface area contributed by atoms with Crippen LogP contribution >= 0.6 is 28.3 Å². The fourth-order valence-corrected chi connectivity index (χ4v) is 2.00. The molecule has 1 N–H and O–H groups in total. The van der Waals surface area contributed by atoms with Crippen molar-refractivity contribution in [1.82, 2.24) is 5.32 Å². The maximum atomic E-state index is 13.4. The van der Waals surface area contributed by atoms with Crippen LogP contribution in [0.5, 0.6) is 5.75 Å². The number of nitrogens with one attached hydrogen (secondary N) is 1. The van der Waals surface area contributed by atoms with Gasteiger partial charge in [-0.2, -0.15) is 0 Å². The van der Waals surface area contributed by atoms with Gasteiger partial charge in [-0.1, -0.05) is 15.9 Å². The third kappa shape index (κ3) is 3.61. The third-order valence-electron chi connectivity index (χ3n) is 2.47. The van der Waals surface area contributed by atoms with Gasteiger partial charge in [0.15, 0.2) is 11.6 Å². The lowest BCUT2D eigenvalue weighted by molar-refractivity contribution is 0.156. The quantitative estimate of drug-likeness (QED) is 0.906. The molecule has 0 unspecified atom stereocenters. The molecule has 0 amide bonds. The summed E-state index contributed by atoms with van der Waals surface area (Å²) < 4.78 is 19.8. The van der Waals surface area contributed by atoms with Gasteiger partial charge in [0.05, 0.1) is 0 Å². The first-order valence-electron chi connectivity index (χ1n) is 5.08. The van der Waals surface area contributed by atoms with Crippen LogP contribution in [0.2, 0.25) is 0 Å². The van der Waals surface area contributed by atoms with Crippen molar-refractivity contribution in [3.05, 3.63) is 28.5 Å². The zero-order valence-corrected chi connectivity index (χ0v) is 11.1. The van der Waals surface area contributed by atoms with E-state index in [-0.39, 0.29) is 24.3 Å². The van der Waals surface area contributed by atoms with Crippen LogP contribution in [0.4, 0.5) is 4.39 Å². The number of hydrogen-bond acceptors (Lipinski definition) is 2. The highest BCUT2D eigenvalue weighted by molar-refractivity contribution is 9.10. The van der Waals surface area contributed by atoms with Crippen molar-refractivity contribution in [2.45, 2.75) is 18.9 Å². The highest BCUT2D eigenvalue weighted by Crippen LogP contribution is 2.23. The average Bonchev–Trinajstić information content (AvgIpc) is 2.24. The van der Waals surface area contributed by atoms with E-state index in [9.17, 15) is 4.39 Å². The van der Waals surface area contributed by atoms with Gasteiger partial charge in [-0.25, -0.2) is 4.39 Å². The summed E-state index contributed by atoms with van der Waals surface area (Å²) in [4.78, 5) is 0. The molecule has 1 heterocycles. The fraction of sp³-hybridized carbons (Fsp3) is 0.455. The van der Waals surface area contributed by atoms with Crippen molar-refractivity contribution in [3.63, 3.8) is 0 Å². The van der Waals surface area contributed by atoms with E-state index in [0.29, 0.717) is 5.75 Å². The Morgan fingerprint density at radius 2 is 2.00 bits per heavy atom. The van der Waals surface area contributed by atoms with Gasteiger partial charge in [0.25, 0.3) is 0 Å². The van der Waals surface area contributed by atoms with Crippen LogP contribution in [0.25, 0.3) is 0 Å². The number of ether oxygens (including phenoxy) is 1. The number of rotatable bonds is 2. The summed E-state index contributed by atoms with van der Waals surface area (Å²) in [7, 11) is 0. The van der Waals surface area contributed by atoms with Gasteiger partial charge in [0.1, 0.15) is 6.10 Å². The first-order valence-corrected chi connectivity index (χ1v) is 5.87. The highest BCUT2D eigenvalue weighted by atomic mass is 79.9. The van der Waals surface area contributed by atoms with Crippen LogP contribution in [-0.4, -0.2) is 19.2 Å². The normalized spacial score (nSPS) is 16.6. The van der Waals surface area contributed by atoms with Crippen LogP contribution in [-0.2, 0) is 0 Å². The van der Waals surface area contributed by atoms with Gasteiger partial charge < -0.3 is 10.1 Å². The molecule has 1 fully saturated rings.